The van der Waals surface area contributed by atoms with Crippen molar-refractivity contribution in [2.24, 2.45) is 0 Å². The number of hydrogen-bond donors (Lipinski definition) is 1. The van der Waals surface area contributed by atoms with Gasteiger partial charge < -0.3 is 14.6 Å². The molecule has 1 fully saturated rings. The number of pyridine rings is 1. The van der Waals surface area contributed by atoms with Gasteiger partial charge in [-0.3, -0.25) is 4.98 Å². The van der Waals surface area contributed by atoms with E-state index in [2.05, 4.69) is 4.98 Å². The molecule has 2 heterocycles. The van der Waals surface area contributed by atoms with Gasteiger partial charge in [-0.25, -0.2) is 4.79 Å². The highest BCUT2D eigenvalue weighted by atomic mass is 16.5. The molecule has 0 aromatic carbocycles. The molecule has 1 N–H and O–H groups in total. The number of ether oxygens (including phenoxy) is 2. The zero-order valence-electron chi connectivity index (χ0n) is 9.46. The molecule has 0 amide bonds. The summed E-state index contributed by atoms with van der Waals surface area (Å²) >= 11 is 0. The molecule has 1 atom stereocenters. The van der Waals surface area contributed by atoms with Crippen LogP contribution in [0.4, 0.5) is 0 Å². The van der Waals surface area contributed by atoms with Gasteiger partial charge in [0, 0.05) is 19.0 Å². The highest BCUT2D eigenvalue weighted by molar-refractivity contribution is 5.90. The molecule has 1 saturated heterocycles. The van der Waals surface area contributed by atoms with Gasteiger partial charge in [0.05, 0.1) is 6.10 Å². The maximum atomic E-state index is 10.9. The van der Waals surface area contributed by atoms with Crippen molar-refractivity contribution in [2.75, 3.05) is 13.2 Å². The molecule has 0 saturated carbocycles. The quantitative estimate of drug-likeness (QED) is 0.863. The van der Waals surface area contributed by atoms with Crippen molar-refractivity contribution in [1.82, 2.24) is 4.98 Å². The molecular weight excluding hydrogens is 222 g/mol. The number of nitrogens with zero attached hydrogens (tertiary/aromatic N) is 1. The monoisotopic (exact) mass is 237 g/mol. The summed E-state index contributed by atoms with van der Waals surface area (Å²) in [5.74, 6) is -0.681. The predicted molar refractivity (Wildman–Crippen MR) is 60.3 cm³/mol. The van der Waals surface area contributed by atoms with Crippen LogP contribution in [0.25, 0.3) is 0 Å². The van der Waals surface area contributed by atoms with Gasteiger partial charge in [0.1, 0.15) is 17.9 Å². The van der Waals surface area contributed by atoms with E-state index in [9.17, 15) is 4.79 Å². The molecule has 1 aliphatic heterocycles. The smallest absolute Gasteiger partial charge is 0.341 e. The summed E-state index contributed by atoms with van der Waals surface area (Å²) in [5, 5.41) is 8.95. The zero-order chi connectivity index (χ0) is 12.1. The topological polar surface area (TPSA) is 68.7 Å². The SMILES string of the molecule is O=C(O)c1cnccc1OCC1CCCCO1. The molecule has 0 spiro atoms. The first-order valence-electron chi connectivity index (χ1n) is 5.69. The largest absolute Gasteiger partial charge is 0.490 e. The average Bonchev–Trinajstić information content (AvgIpc) is 2.38. The Kier molecular flexibility index (Phi) is 3.93. The molecule has 0 aliphatic carbocycles. The van der Waals surface area contributed by atoms with E-state index >= 15 is 0 Å². The molecule has 1 aromatic heterocycles. The average molecular weight is 237 g/mol. The Hall–Kier alpha value is -1.62. The van der Waals surface area contributed by atoms with E-state index in [1.807, 2.05) is 0 Å². The molecule has 2 rings (SSSR count). The summed E-state index contributed by atoms with van der Waals surface area (Å²) < 4.78 is 11.0. The highest BCUT2D eigenvalue weighted by Gasteiger charge is 2.16. The van der Waals surface area contributed by atoms with Crippen molar-refractivity contribution in [2.45, 2.75) is 25.4 Å². The van der Waals surface area contributed by atoms with Crippen LogP contribution < -0.4 is 4.74 Å². The first-order chi connectivity index (χ1) is 8.27. The first kappa shape index (κ1) is 11.9. The minimum Gasteiger partial charge on any atom is -0.490 e. The van der Waals surface area contributed by atoms with E-state index in [4.69, 9.17) is 14.6 Å². The maximum Gasteiger partial charge on any atom is 0.341 e. The molecule has 1 aliphatic rings. The van der Waals surface area contributed by atoms with Crippen molar-refractivity contribution in [3.8, 4) is 5.75 Å². The van der Waals surface area contributed by atoms with Crippen molar-refractivity contribution >= 4 is 5.97 Å². The highest BCUT2D eigenvalue weighted by Crippen LogP contribution is 2.19. The predicted octanol–water partition coefficient (Wildman–Crippen LogP) is 1.73. The van der Waals surface area contributed by atoms with Crippen LogP contribution in [0.2, 0.25) is 0 Å². The van der Waals surface area contributed by atoms with Gasteiger partial charge in [0.15, 0.2) is 0 Å². The van der Waals surface area contributed by atoms with Crippen molar-refractivity contribution in [1.29, 1.82) is 0 Å². The third-order valence-corrected chi connectivity index (χ3v) is 2.71. The summed E-state index contributed by atoms with van der Waals surface area (Å²) in [5.41, 5.74) is 0.0864. The fourth-order valence-electron chi connectivity index (χ4n) is 1.79. The Morgan fingerprint density at radius 2 is 2.47 bits per heavy atom. The van der Waals surface area contributed by atoms with Crippen LogP contribution in [-0.2, 0) is 4.74 Å². The fraction of sp³-hybridized carbons (Fsp3) is 0.500. The normalized spacial score (nSPS) is 19.9. The maximum absolute atomic E-state index is 10.9. The number of carbonyl (C=O) groups is 1. The summed E-state index contributed by atoms with van der Waals surface area (Å²) in [4.78, 5) is 14.7. The van der Waals surface area contributed by atoms with Crippen LogP contribution in [0.1, 0.15) is 29.6 Å². The minimum atomic E-state index is -1.03. The second-order valence-electron chi connectivity index (χ2n) is 3.98. The fourth-order valence-corrected chi connectivity index (χ4v) is 1.79. The second-order valence-corrected chi connectivity index (χ2v) is 3.98. The van der Waals surface area contributed by atoms with Crippen LogP contribution in [0, 0.1) is 0 Å². The second kappa shape index (κ2) is 5.63. The number of rotatable bonds is 4. The lowest BCUT2D eigenvalue weighted by atomic mass is 10.1. The molecule has 5 nitrogen and oxygen atoms in total. The summed E-state index contributed by atoms with van der Waals surface area (Å²) in [6.07, 6.45) is 6.07. The molecule has 17 heavy (non-hydrogen) atoms. The molecule has 0 bridgehead atoms. The van der Waals surface area contributed by atoms with Gasteiger partial charge in [0.2, 0.25) is 0 Å². The van der Waals surface area contributed by atoms with E-state index in [1.54, 1.807) is 6.07 Å². The van der Waals surface area contributed by atoms with Crippen LogP contribution in [0.5, 0.6) is 5.75 Å². The first-order valence-corrected chi connectivity index (χ1v) is 5.69. The summed E-state index contributed by atoms with van der Waals surface area (Å²) in [6, 6.07) is 1.56. The lowest BCUT2D eigenvalue weighted by molar-refractivity contribution is -0.0113. The van der Waals surface area contributed by atoms with Gasteiger partial charge in [-0.2, -0.15) is 0 Å². The molecule has 0 radical (unpaired) electrons. The Labute approximate surface area is 99.4 Å². The Bertz CT molecular complexity index is 388. The third kappa shape index (κ3) is 3.17. The van der Waals surface area contributed by atoms with Gasteiger partial charge in [0.25, 0.3) is 0 Å². The van der Waals surface area contributed by atoms with Crippen molar-refractivity contribution in [3.05, 3.63) is 24.0 Å². The minimum absolute atomic E-state index is 0.0681. The standard InChI is InChI=1S/C12H15NO4/c14-12(15)10-7-13-5-4-11(10)17-8-9-3-1-2-6-16-9/h4-5,7,9H,1-3,6,8H2,(H,14,15). The van der Waals surface area contributed by atoms with Crippen LogP contribution >= 0.6 is 0 Å². The van der Waals surface area contributed by atoms with Crippen LogP contribution in [0.15, 0.2) is 18.5 Å². The number of aromatic carboxylic acids is 1. The van der Waals surface area contributed by atoms with Crippen molar-refractivity contribution in [3.63, 3.8) is 0 Å². The summed E-state index contributed by atoms with van der Waals surface area (Å²) in [6.45, 7) is 1.15. The van der Waals surface area contributed by atoms with E-state index in [1.165, 1.54) is 12.4 Å². The lowest BCUT2D eigenvalue weighted by Crippen LogP contribution is -2.26. The van der Waals surface area contributed by atoms with E-state index in [0.29, 0.717) is 12.4 Å². The molecule has 92 valence electrons. The van der Waals surface area contributed by atoms with Gasteiger partial charge >= 0.3 is 5.97 Å². The van der Waals surface area contributed by atoms with E-state index in [0.717, 1.165) is 25.9 Å². The molecular formula is C12H15NO4. The molecule has 5 heteroatoms. The Morgan fingerprint density at radius 3 is 3.18 bits per heavy atom. The van der Waals surface area contributed by atoms with Crippen molar-refractivity contribution < 1.29 is 19.4 Å². The van der Waals surface area contributed by atoms with Crippen LogP contribution in [0.3, 0.4) is 0 Å². The van der Waals surface area contributed by atoms with E-state index in [-0.39, 0.29) is 11.7 Å². The third-order valence-electron chi connectivity index (χ3n) is 2.71. The number of carboxylic acids is 1. The Balaban J connectivity index is 1.96. The number of hydrogen-bond acceptors (Lipinski definition) is 4. The van der Waals surface area contributed by atoms with Gasteiger partial charge in [-0.05, 0) is 25.3 Å². The van der Waals surface area contributed by atoms with Gasteiger partial charge in [-0.1, -0.05) is 0 Å². The van der Waals surface area contributed by atoms with Crippen LogP contribution in [-0.4, -0.2) is 35.4 Å². The molecule has 1 unspecified atom stereocenters. The summed E-state index contributed by atoms with van der Waals surface area (Å²) in [7, 11) is 0. The van der Waals surface area contributed by atoms with E-state index < -0.39 is 5.97 Å². The Morgan fingerprint density at radius 1 is 1.59 bits per heavy atom. The van der Waals surface area contributed by atoms with Gasteiger partial charge in [-0.15, -0.1) is 0 Å². The lowest BCUT2D eigenvalue weighted by Gasteiger charge is -2.22. The zero-order valence-corrected chi connectivity index (χ0v) is 9.46. The number of carboxylic acid groups (broad SMARTS) is 1. The molecule has 1 aromatic rings. The number of aromatic nitrogens is 1.